The van der Waals surface area contributed by atoms with Gasteiger partial charge < -0.3 is 11.1 Å². The summed E-state index contributed by atoms with van der Waals surface area (Å²) >= 11 is 0. The van der Waals surface area contributed by atoms with Gasteiger partial charge in [-0.2, -0.15) is 5.10 Å². The van der Waals surface area contributed by atoms with E-state index in [1.165, 1.54) is 35.1 Å². The molecule has 3 N–H and O–H groups in total. The summed E-state index contributed by atoms with van der Waals surface area (Å²) in [6.45, 7) is 0.0641. The van der Waals surface area contributed by atoms with Crippen molar-refractivity contribution >= 4 is 17.3 Å². The first-order valence-electron chi connectivity index (χ1n) is 4.97. The van der Waals surface area contributed by atoms with Crippen LogP contribution in [0.5, 0.6) is 0 Å². The Morgan fingerprint density at radius 1 is 1.41 bits per heavy atom. The fourth-order valence-corrected chi connectivity index (χ4v) is 1.35. The Balaban J connectivity index is 1.95. The van der Waals surface area contributed by atoms with E-state index in [1.807, 2.05) is 0 Å². The van der Waals surface area contributed by atoms with Gasteiger partial charge >= 0.3 is 0 Å². The number of benzene rings is 1. The highest BCUT2D eigenvalue weighted by molar-refractivity contribution is 5.90. The maximum absolute atomic E-state index is 12.6. The van der Waals surface area contributed by atoms with Crippen LogP contribution in [0.1, 0.15) is 0 Å². The highest BCUT2D eigenvalue weighted by atomic mass is 19.1. The predicted molar refractivity (Wildman–Crippen MR) is 61.7 cm³/mol. The van der Waals surface area contributed by atoms with Gasteiger partial charge in [0.05, 0.1) is 11.9 Å². The zero-order chi connectivity index (χ0) is 12.3. The van der Waals surface area contributed by atoms with Crippen molar-refractivity contribution in [3.05, 3.63) is 42.5 Å². The molecule has 1 aromatic heterocycles. The maximum atomic E-state index is 12.6. The van der Waals surface area contributed by atoms with Crippen LogP contribution >= 0.6 is 0 Å². The number of anilines is 2. The molecule has 0 saturated heterocycles. The summed E-state index contributed by atoms with van der Waals surface area (Å²) in [5.74, 6) is -0.595. The maximum Gasteiger partial charge on any atom is 0.246 e. The fraction of sp³-hybridized carbons (Fsp3) is 0.0909. The van der Waals surface area contributed by atoms with Gasteiger partial charge in [-0.25, -0.2) is 4.39 Å². The van der Waals surface area contributed by atoms with Crippen LogP contribution in [-0.4, -0.2) is 15.7 Å². The lowest BCUT2D eigenvalue weighted by atomic mass is 10.3. The molecule has 1 heterocycles. The quantitative estimate of drug-likeness (QED) is 0.839. The number of hydrogen-bond donors (Lipinski definition) is 2. The lowest BCUT2D eigenvalue weighted by Gasteiger charge is -2.04. The Labute approximate surface area is 97.0 Å². The largest absolute Gasteiger partial charge is 0.396 e. The van der Waals surface area contributed by atoms with Crippen molar-refractivity contribution in [2.75, 3.05) is 11.1 Å². The molecule has 0 unspecified atom stereocenters. The topological polar surface area (TPSA) is 72.9 Å². The van der Waals surface area contributed by atoms with Gasteiger partial charge in [-0.3, -0.25) is 9.48 Å². The molecule has 1 aromatic carbocycles. The molecule has 2 rings (SSSR count). The lowest BCUT2D eigenvalue weighted by Crippen LogP contribution is -2.18. The predicted octanol–water partition coefficient (Wildman–Crippen LogP) is 1.24. The summed E-state index contributed by atoms with van der Waals surface area (Å²) < 4.78 is 14.1. The number of hydrogen-bond acceptors (Lipinski definition) is 3. The fourth-order valence-electron chi connectivity index (χ4n) is 1.35. The molecule has 0 aliphatic carbocycles. The zero-order valence-corrected chi connectivity index (χ0v) is 8.93. The Morgan fingerprint density at radius 3 is 2.71 bits per heavy atom. The number of amides is 1. The first-order valence-corrected chi connectivity index (χ1v) is 4.97. The van der Waals surface area contributed by atoms with Crippen LogP contribution in [0.3, 0.4) is 0 Å². The molecule has 0 spiro atoms. The molecule has 6 heteroatoms. The molecule has 88 valence electrons. The van der Waals surface area contributed by atoms with Gasteiger partial charge in [0, 0.05) is 11.9 Å². The van der Waals surface area contributed by atoms with Crippen LogP contribution in [0.25, 0.3) is 0 Å². The van der Waals surface area contributed by atoms with Crippen molar-refractivity contribution in [2.45, 2.75) is 6.54 Å². The molecule has 0 atom stereocenters. The second-order valence-electron chi connectivity index (χ2n) is 3.53. The van der Waals surface area contributed by atoms with Gasteiger partial charge in [0.1, 0.15) is 12.4 Å². The normalized spacial score (nSPS) is 10.2. The zero-order valence-electron chi connectivity index (χ0n) is 8.93. The average molecular weight is 234 g/mol. The Hall–Kier alpha value is -2.37. The Bertz CT molecular complexity index is 521. The van der Waals surface area contributed by atoms with Crippen molar-refractivity contribution in [2.24, 2.45) is 0 Å². The van der Waals surface area contributed by atoms with Gasteiger partial charge in [-0.15, -0.1) is 0 Å². The third-order valence-corrected chi connectivity index (χ3v) is 2.09. The molecule has 0 saturated carbocycles. The lowest BCUT2D eigenvalue weighted by molar-refractivity contribution is -0.116. The SMILES string of the molecule is Nc1cnn(CC(=O)Nc2ccc(F)cc2)c1. The second kappa shape index (κ2) is 4.65. The molecular formula is C11H11FN4O. The van der Waals surface area contributed by atoms with Gasteiger partial charge in [-0.05, 0) is 24.3 Å². The van der Waals surface area contributed by atoms with Crippen LogP contribution in [-0.2, 0) is 11.3 Å². The smallest absolute Gasteiger partial charge is 0.246 e. The Kier molecular flexibility index (Phi) is 3.04. The highest BCUT2D eigenvalue weighted by Crippen LogP contribution is 2.08. The molecule has 0 bridgehead atoms. The first kappa shape index (κ1) is 11.1. The number of nitrogens with two attached hydrogens (primary N) is 1. The number of halogens is 1. The van der Waals surface area contributed by atoms with E-state index in [-0.39, 0.29) is 18.3 Å². The van der Waals surface area contributed by atoms with Crippen LogP contribution < -0.4 is 11.1 Å². The van der Waals surface area contributed by atoms with Crippen LogP contribution in [0.2, 0.25) is 0 Å². The van der Waals surface area contributed by atoms with Crippen molar-refractivity contribution in [1.82, 2.24) is 9.78 Å². The van der Waals surface area contributed by atoms with E-state index in [9.17, 15) is 9.18 Å². The summed E-state index contributed by atoms with van der Waals surface area (Å²) in [7, 11) is 0. The monoisotopic (exact) mass is 234 g/mol. The summed E-state index contributed by atoms with van der Waals surface area (Å²) in [6.07, 6.45) is 3.02. The molecule has 5 nitrogen and oxygen atoms in total. The first-order chi connectivity index (χ1) is 8.13. The van der Waals surface area contributed by atoms with Gasteiger partial charge in [0.2, 0.25) is 5.91 Å². The molecule has 17 heavy (non-hydrogen) atoms. The third kappa shape index (κ3) is 3.04. The molecule has 0 fully saturated rings. The summed E-state index contributed by atoms with van der Waals surface area (Å²) in [4.78, 5) is 11.6. The van der Waals surface area contributed by atoms with Crippen molar-refractivity contribution < 1.29 is 9.18 Å². The number of carbonyl (C=O) groups is 1. The average Bonchev–Trinajstić information content (AvgIpc) is 2.67. The summed E-state index contributed by atoms with van der Waals surface area (Å²) in [5, 5.41) is 6.50. The molecule has 0 radical (unpaired) electrons. The molecule has 2 aromatic rings. The molecule has 0 aliphatic rings. The van der Waals surface area contributed by atoms with E-state index in [0.717, 1.165) is 0 Å². The molecule has 1 amide bonds. The minimum Gasteiger partial charge on any atom is -0.396 e. The Morgan fingerprint density at radius 2 is 2.12 bits per heavy atom. The van der Waals surface area contributed by atoms with E-state index in [4.69, 9.17) is 5.73 Å². The van der Waals surface area contributed by atoms with E-state index in [1.54, 1.807) is 6.20 Å². The summed E-state index contributed by atoms with van der Waals surface area (Å²) in [6, 6.07) is 5.54. The highest BCUT2D eigenvalue weighted by Gasteiger charge is 2.04. The third-order valence-electron chi connectivity index (χ3n) is 2.09. The number of aromatic nitrogens is 2. The van der Waals surface area contributed by atoms with E-state index in [0.29, 0.717) is 11.4 Å². The van der Waals surface area contributed by atoms with E-state index < -0.39 is 0 Å². The standard InChI is InChI=1S/C11H11FN4O/c12-8-1-3-10(4-2-8)15-11(17)7-16-6-9(13)5-14-16/h1-6H,7,13H2,(H,15,17). The number of nitrogens with one attached hydrogen (secondary N) is 1. The van der Waals surface area contributed by atoms with Crippen molar-refractivity contribution in [1.29, 1.82) is 0 Å². The van der Waals surface area contributed by atoms with Gasteiger partial charge in [0.15, 0.2) is 0 Å². The number of rotatable bonds is 3. The van der Waals surface area contributed by atoms with Gasteiger partial charge in [-0.1, -0.05) is 0 Å². The van der Waals surface area contributed by atoms with Crippen molar-refractivity contribution in [3.8, 4) is 0 Å². The van der Waals surface area contributed by atoms with Gasteiger partial charge in [0.25, 0.3) is 0 Å². The van der Waals surface area contributed by atoms with Crippen LogP contribution in [0.15, 0.2) is 36.7 Å². The minimum absolute atomic E-state index is 0.0641. The summed E-state index contributed by atoms with van der Waals surface area (Å²) in [5.41, 5.74) is 6.50. The van der Waals surface area contributed by atoms with E-state index in [2.05, 4.69) is 10.4 Å². The number of carbonyl (C=O) groups excluding carboxylic acids is 1. The van der Waals surface area contributed by atoms with E-state index >= 15 is 0 Å². The second-order valence-corrected chi connectivity index (χ2v) is 3.53. The molecule has 0 aliphatic heterocycles. The number of nitrogens with zero attached hydrogens (tertiary/aromatic N) is 2. The van der Waals surface area contributed by atoms with Crippen LogP contribution in [0, 0.1) is 5.82 Å². The number of nitrogen functional groups attached to an aromatic ring is 1. The molecular weight excluding hydrogens is 223 g/mol. The van der Waals surface area contributed by atoms with Crippen LogP contribution in [0.4, 0.5) is 15.8 Å². The minimum atomic E-state index is -0.345. The van der Waals surface area contributed by atoms with Crippen molar-refractivity contribution in [3.63, 3.8) is 0 Å².